The van der Waals surface area contributed by atoms with Gasteiger partial charge < -0.3 is 14.8 Å². The maximum Gasteiger partial charge on any atom is 0.407 e. The van der Waals surface area contributed by atoms with Crippen LogP contribution in [-0.4, -0.2) is 25.3 Å². The third-order valence-corrected chi connectivity index (χ3v) is 2.12. The van der Waals surface area contributed by atoms with Gasteiger partial charge in [0.05, 0.1) is 8.48 Å². The summed E-state index contributed by atoms with van der Waals surface area (Å²) in [5.74, 6) is 0.764. The molecule has 0 saturated heterocycles. The Balaban J connectivity index is 2.51. The standard InChI is InChI=1S/C15H21NO3/c1-15(2,3)19-14(17)16-11-5-6-12-7-9-13(18-4)10-8-12/h5-10H,11H2,1-4H3,(H,16,17)/b6-5-/i5D. The summed E-state index contributed by atoms with van der Waals surface area (Å²) in [6.45, 7) is 5.51. The second-order valence-corrected chi connectivity index (χ2v) is 4.98. The predicted octanol–water partition coefficient (Wildman–Crippen LogP) is 3.23. The molecule has 0 bridgehead atoms. The summed E-state index contributed by atoms with van der Waals surface area (Å²) < 4.78 is 17.9. The third kappa shape index (κ3) is 6.50. The number of alkyl carbamates (subject to hydrolysis) is 1. The van der Waals surface area contributed by atoms with Gasteiger partial charge in [0.25, 0.3) is 0 Å². The van der Waals surface area contributed by atoms with Crippen molar-refractivity contribution in [2.75, 3.05) is 13.7 Å². The maximum absolute atomic E-state index is 11.4. The van der Waals surface area contributed by atoms with Crippen LogP contribution < -0.4 is 10.1 Å². The summed E-state index contributed by atoms with van der Waals surface area (Å²) in [7, 11) is 1.60. The molecule has 0 aromatic heterocycles. The van der Waals surface area contributed by atoms with Gasteiger partial charge in [-0.25, -0.2) is 4.79 Å². The van der Waals surface area contributed by atoms with Crippen LogP contribution in [0, 0.1) is 0 Å². The van der Waals surface area contributed by atoms with Gasteiger partial charge in [0.15, 0.2) is 0 Å². The minimum Gasteiger partial charge on any atom is -0.497 e. The summed E-state index contributed by atoms with van der Waals surface area (Å²) >= 11 is 0. The molecule has 0 aliphatic heterocycles. The third-order valence-electron chi connectivity index (χ3n) is 2.12. The predicted molar refractivity (Wildman–Crippen MR) is 76.3 cm³/mol. The van der Waals surface area contributed by atoms with Crippen LogP contribution in [0.4, 0.5) is 4.79 Å². The zero-order valence-electron chi connectivity index (χ0n) is 12.8. The van der Waals surface area contributed by atoms with E-state index in [1.54, 1.807) is 34.0 Å². The minimum atomic E-state index is -0.536. The number of amides is 1. The van der Waals surface area contributed by atoms with Crippen LogP contribution in [0.1, 0.15) is 27.7 Å². The van der Waals surface area contributed by atoms with E-state index in [0.29, 0.717) is 6.05 Å². The first-order chi connectivity index (χ1) is 9.30. The van der Waals surface area contributed by atoms with Crippen LogP contribution in [-0.2, 0) is 4.74 Å². The Bertz CT molecular complexity index is 475. The maximum atomic E-state index is 11.4. The lowest BCUT2D eigenvalue weighted by molar-refractivity contribution is 0.0534. The highest BCUT2D eigenvalue weighted by atomic mass is 16.6. The molecule has 1 rings (SSSR count). The molecule has 0 aliphatic carbocycles. The number of hydrogen-bond acceptors (Lipinski definition) is 3. The largest absolute Gasteiger partial charge is 0.497 e. The number of rotatable bonds is 4. The normalized spacial score (nSPS) is 12.6. The van der Waals surface area contributed by atoms with Crippen LogP contribution in [0.25, 0.3) is 6.08 Å². The zero-order valence-corrected chi connectivity index (χ0v) is 11.8. The molecule has 1 aromatic rings. The van der Waals surface area contributed by atoms with E-state index in [9.17, 15) is 4.79 Å². The highest BCUT2D eigenvalue weighted by Gasteiger charge is 2.14. The van der Waals surface area contributed by atoms with E-state index in [1.165, 1.54) is 0 Å². The molecule has 0 atom stereocenters. The second kappa shape index (κ2) is 6.83. The lowest BCUT2D eigenvalue weighted by atomic mass is 10.2. The van der Waals surface area contributed by atoms with Gasteiger partial charge in [-0.2, -0.15) is 0 Å². The fraction of sp³-hybridized carbons (Fsp3) is 0.400. The summed E-state index contributed by atoms with van der Waals surface area (Å²) in [5.41, 5.74) is 0.341. The van der Waals surface area contributed by atoms with E-state index in [2.05, 4.69) is 5.32 Å². The molecule has 4 heteroatoms. The zero-order chi connectivity index (χ0) is 15.2. The second-order valence-electron chi connectivity index (χ2n) is 4.98. The van der Waals surface area contributed by atoms with Crippen LogP contribution in [0.15, 0.2) is 30.3 Å². The van der Waals surface area contributed by atoms with Crippen molar-refractivity contribution in [1.82, 2.24) is 5.32 Å². The van der Waals surface area contributed by atoms with Crippen molar-refractivity contribution >= 4 is 12.2 Å². The molecule has 1 amide bonds. The molecule has 0 saturated carbocycles. The average Bonchev–Trinajstić information content (AvgIpc) is 2.35. The lowest BCUT2D eigenvalue weighted by Gasteiger charge is -2.19. The molecule has 4 nitrogen and oxygen atoms in total. The number of carbonyl (C=O) groups is 1. The molecule has 0 radical (unpaired) electrons. The van der Waals surface area contributed by atoms with Gasteiger partial charge in [0.1, 0.15) is 11.4 Å². The van der Waals surface area contributed by atoms with Crippen molar-refractivity contribution < 1.29 is 15.6 Å². The lowest BCUT2D eigenvalue weighted by Crippen LogP contribution is -2.32. The quantitative estimate of drug-likeness (QED) is 0.908. The topological polar surface area (TPSA) is 47.6 Å². The molecule has 0 spiro atoms. The molecule has 1 N–H and O–H groups in total. The van der Waals surface area contributed by atoms with Gasteiger partial charge in [-0.05, 0) is 38.5 Å². The van der Waals surface area contributed by atoms with E-state index >= 15 is 0 Å². The fourth-order valence-electron chi connectivity index (χ4n) is 1.31. The van der Waals surface area contributed by atoms with Gasteiger partial charge in [0.2, 0.25) is 0 Å². The highest BCUT2D eigenvalue weighted by Crippen LogP contribution is 2.12. The van der Waals surface area contributed by atoms with Crippen molar-refractivity contribution in [2.45, 2.75) is 26.4 Å². The molecule has 0 heterocycles. The minimum absolute atomic E-state index is 0.126. The molecule has 0 unspecified atom stereocenters. The van der Waals surface area contributed by atoms with E-state index < -0.39 is 11.7 Å². The molecule has 104 valence electrons. The average molecular weight is 264 g/mol. The number of methoxy groups -OCH3 is 1. The Morgan fingerprint density at radius 1 is 1.37 bits per heavy atom. The van der Waals surface area contributed by atoms with Crippen molar-refractivity contribution in [3.8, 4) is 5.75 Å². The van der Waals surface area contributed by atoms with Gasteiger partial charge in [-0.15, -0.1) is 0 Å². The summed E-state index contributed by atoms with van der Waals surface area (Å²) in [6, 6.07) is 7.63. The number of benzene rings is 1. The Morgan fingerprint density at radius 3 is 2.53 bits per heavy atom. The van der Waals surface area contributed by atoms with Gasteiger partial charge in [-0.1, -0.05) is 24.3 Å². The van der Waals surface area contributed by atoms with Gasteiger partial charge in [-0.3, -0.25) is 0 Å². The Morgan fingerprint density at radius 2 is 2.00 bits per heavy atom. The first-order valence-electron chi connectivity index (χ1n) is 6.58. The highest BCUT2D eigenvalue weighted by molar-refractivity contribution is 5.68. The molecule has 1 aromatic carbocycles. The number of ether oxygens (including phenoxy) is 2. The Hall–Kier alpha value is -1.97. The summed E-state index contributed by atoms with van der Waals surface area (Å²) in [6.07, 6.45) is 1.15. The molecule has 0 aliphatic rings. The first-order valence-corrected chi connectivity index (χ1v) is 6.08. The van der Waals surface area contributed by atoms with Crippen molar-refractivity contribution in [1.29, 1.82) is 0 Å². The van der Waals surface area contributed by atoms with Crippen molar-refractivity contribution in [3.63, 3.8) is 0 Å². The van der Waals surface area contributed by atoms with Crippen LogP contribution in [0.3, 0.4) is 0 Å². The summed E-state index contributed by atoms with van der Waals surface area (Å²) in [4.78, 5) is 11.4. The van der Waals surface area contributed by atoms with Crippen LogP contribution in [0.2, 0.25) is 0 Å². The smallest absolute Gasteiger partial charge is 0.407 e. The Labute approximate surface area is 115 Å². The molecule has 0 fully saturated rings. The Kier molecular flexibility index (Phi) is 4.84. The van der Waals surface area contributed by atoms with Gasteiger partial charge >= 0.3 is 6.09 Å². The molecular formula is C15H21NO3. The van der Waals surface area contributed by atoms with E-state index in [-0.39, 0.29) is 6.54 Å². The van der Waals surface area contributed by atoms with E-state index in [0.717, 1.165) is 11.3 Å². The fourth-order valence-corrected chi connectivity index (χ4v) is 1.31. The van der Waals surface area contributed by atoms with E-state index in [1.807, 2.05) is 24.3 Å². The number of nitrogens with one attached hydrogen (secondary N) is 1. The molecular weight excluding hydrogens is 242 g/mol. The SMILES string of the molecule is [2H]/C(=C/c1ccc(OC)cc1)CNC(=O)OC(C)(C)C. The van der Waals surface area contributed by atoms with Gasteiger partial charge in [0, 0.05) is 6.54 Å². The monoisotopic (exact) mass is 264 g/mol. The number of carbonyl (C=O) groups excluding carboxylic acids is 1. The summed E-state index contributed by atoms with van der Waals surface area (Å²) in [5, 5.41) is 2.54. The van der Waals surface area contributed by atoms with E-state index in [4.69, 9.17) is 10.8 Å². The first kappa shape index (κ1) is 13.5. The van der Waals surface area contributed by atoms with Crippen molar-refractivity contribution in [3.05, 3.63) is 35.9 Å². The molecule has 19 heavy (non-hydrogen) atoms. The number of hydrogen-bond donors (Lipinski definition) is 1. The van der Waals surface area contributed by atoms with Crippen LogP contribution in [0.5, 0.6) is 5.75 Å². The van der Waals surface area contributed by atoms with Crippen molar-refractivity contribution in [2.24, 2.45) is 0 Å². The van der Waals surface area contributed by atoms with Crippen LogP contribution >= 0.6 is 0 Å².